The van der Waals surface area contributed by atoms with Crippen molar-refractivity contribution in [1.29, 1.82) is 0 Å². The van der Waals surface area contributed by atoms with Crippen LogP contribution in [-0.2, 0) is 19.1 Å². The number of carbonyl (C=O) groups excluding carboxylic acids is 2. The number of aliphatic carboxylic acids is 1. The monoisotopic (exact) mass is 362 g/mol. The normalized spacial score (nSPS) is 22.1. The Balaban J connectivity index is 1.69. The summed E-state index contributed by atoms with van der Waals surface area (Å²) in [6.45, 7) is 0.797. The van der Waals surface area contributed by atoms with E-state index in [0.717, 1.165) is 0 Å². The minimum atomic E-state index is -1.31. The molecule has 2 aliphatic heterocycles. The number of nitrogens with one attached hydrogen (secondary N) is 1. The molecule has 140 valence electrons. The minimum Gasteiger partial charge on any atom is -0.497 e. The van der Waals surface area contributed by atoms with E-state index >= 15 is 0 Å². The zero-order valence-corrected chi connectivity index (χ0v) is 14.6. The maximum Gasteiger partial charge on any atom is 0.329 e. The molecule has 2 N–H and O–H groups in total. The number of ether oxygens (including phenoxy) is 2. The molecule has 0 aromatic heterocycles. The lowest BCUT2D eigenvalue weighted by atomic mass is 9.89. The molecule has 2 amide bonds. The zero-order chi connectivity index (χ0) is 18.7. The summed E-state index contributed by atoms with van der Waals surface area (Å²) in [4.78, 5) is 38.2. The number of carboxylic acid groups (broad SMARTS) is 1. The Bertz CT molecular complexity index is 696. The fraction of sp³-hybridized carbons (Fsp3) is 0.500. The first-order chi connectivity index (χ1) is 12.4. The number of carboxylic acids is 1. The molecular weight excluding hydrogens is 340 g/mol. The van der Waals surface area contributed by atoms with Crippen molar-refractivity contribution in [3.05, 3.63) is 24.3 Å². The van der Waals surface area contributed by atoms with Crippen molar-refractivity contribution in [3.8, 4) is 5.75 Å². The molecule has 2 fully saturated rings. The molecule has 8 heteroatoms. The molecule has 1 aromatic carbocycles. The maximum absolute atomic E-state index is 12.6. The molecule has 1 aromatic rings. The Hall–Kier alpha value is -2.61. The van der Waals surface area contributed by atoms with Crippen molar-refractivity contribution in [1.82, 2.24) is 5.32 Å². The third kappa shape index (κ3) is 3.50. The molecule has 0 radical (unpaired) electrons. The number of carbonyl (C=O) groups is 3. The van der Waals surface area contributed by atoms with Crippen molar-refractivity contribution in [2.24, 2.45) is 5.92 Å². The SMILES string of the molecule is COc1ccc(N2CC(C(=O)NC3(C(=O)O)CCOCC3)CC2=O)cc1. The Morgan fingerprint density at radius 3 is 2.50 bits per heavy atom. The van der Waals surface area contributed by atoms with Crippen LogP contribution in [-0.4, -0.2) is 55.3 Å². The first-order valence-corrected chi connectivity index (χ1v) is 8.53. The number of benzene rings is 1. The molecule has 0 bridgehead atoms. The number of rotatable bonds is 5. The van der Waals surface area contributed by atoms with E-state index in [9.17, 15) is 19.5 Å². The van der Waals surface area contributed by atoms with Crippen LogP contribution in [0.2, 0.25) is 0 Å². The van der Waals surface area contributed by atoms with E-state index in [1.54, 1.807) is 36.3 Å². The van der Waals surface area contributed by atoms with E-state index in [1.165, 1.54) is 0 Å². The van der Waals surface area contributed by atoms with Gasteiger partial charge in [-0.1, -0.05) is 0 Å². The van der Waals surface area contributed by atoms with E-state index in [0.29, 0.717) is 11.4 Å². The number of methoxy groups -OCH3 is 1. The van der Waals surface area contributed by atoms with Crippen LogP contribution in [0.3, 0.4) is 0 Å². The van der Waals surface area contributed by atoms with E-state index in [1.807, 2.05) is 0 Å². The van der Waals surface area contributed by atoms with Crippen molar-refractivity contribution in [2.75, 3.05) is 31.8 Å². The van der Waals surface area contributed by atoms with E-state index in [2.05, 4.69) is 5.32 Å². The Labute approximate surface area is 151 Å². The first kappa shape index (κ1) is 18.2. The summed E-state index contributed by atoms with van der Waals surface area (Å²) in [6.07, 6.45) is 0.498. The Kier molecular flexibility index (Phi) is 5.13. The number of anilines is 1. The standard InChI is InChI=1S/C18H22N2O6/c1-25-14-4-2-13(3-5-14)20-11-12(10-15(20)21)16(22)19-18(17(23)24)6-8-26-9-7-18/h2-5,12H,6-11H2,1H3,(H,19,22)(H,23,24). The fourth-order valence-corrected chi connectivity index (χ4v) is 3.34. The highest BCUT2D eigenvalue weighted by Crippen LogP contribution is 2.28. The van der Waals surface area contributed by atoms with Gasteiger partial charge in [0.25, 0.3) is 0 Å². The van der Waals surface area contributed by atoms with Crippen molar-refractivity contribution >= 4 is 23.5 Å². The highest BCUT2D eigenvalue weighted by Gasteiger charge is 2.44. The van der Waals surface area contributed by atoms with Crippen molar-refractivity contribution in [3.63, 3.8) is 0 Å². The van der Waals surface area contributed by atoms with Gasteiger partial charge in [0.2, 0.25) is 11.8 Å². The minimum absolute atomic E-state index is 0.0596. The number of amides is 2. The van der Waals surface area contributed by atoms with E-state index < -0.39 is 23.3 Å². The van der Waals surface area contributed by atoms with Gasteiger partial charge >= 0.3 is 5.97 Å². The van der Waals surface area contributed by atoms with Gasteiger partial charge in [-0.2, -0.15) is 0 Å². The lowest BCUT2D eigenvalue weighted by Crippen LogP contribution is -2.58. The Morgan fingerprint density at radius 1 is 1.27 bits per heavy atom. The zero-order valence-electron chi connectivity index (χ0n) is 14.6. The molecule has 0 spiro atoms. The van der Waals surface area contributed by atoms with Crippen LogP contribution in [0.4, 0.5) is 5.69 Å². The highest BCUT2D eigenvalue weighted by molar-refractivity contribution is 6.01. The van der Waals surface area contributed by atoms with Gasteiger partial charge in [0, 0.05) is 44.7 Å². The van der Waals surface area contributed by atoms with Crippen molar-refractivity contribution < 1.29 is 29.0 Å². The van der Waals surface area contributed by atoms with Crippen LogP contribution in [0, 0.1) is 5.92 Å². The predicted molar refractivity (Wildman–Crippen MR) is 92.0 cm³/mol. The molecule has 8 nitrogen and oxygen atoms in total. The van der Waals surface area contributed by atoms with Gasteiger partial charge in [-0.05, 0) is 24.3 Å². The maximum atomic E-state index is 12.6. The highest BCUT2D eigenvalue weighted by atomic mass is 16.5. The van der Waals surface area contributed by atoms with Crippen LogP contribution < -0.4 is 15.0 Å². The van der Waals surface area contributed by atoms with Gasteiger partial charge in [-0.25, -0.2) is 4.79 Å². The molecule has 26 heavy (non-hydrogen) atoms. The van der Waals surface area contributed by atoms with Gasteiger partial charge in [-0.3, -0.25) is 9.59 Å². The summed E-state index contributed by atoms with van der Waals surface area (Å²) in [5.41, 5.74) is -0.628. The number of hydrogen-bond donors (Lipinski definition) is 2. The summed E-state index contributed by atoms with van der Waals surface area (Å²) in [6, 6.07) is 7.01. The molecule has 1 atom stereocenters. The average molecular weight is 362 g/mol. The number of nitrogens with zero attached hydrogens (tertiary/aromatic N) is 1. The fourth-order valence-electron chi connectivity index (χ4n) is 3.34. The van der Waals surface area contributed by atoms with Crippen molar-refractivity contribution in [2.45, 2.75) is 24.8 Å². The largest absolute Gasteiger partial charge is 0.497 e. The molecule has 2 aliphatic rings. The van der Waals surface area contributed by atoms with Gasteiger partial charge in [0.15, 0.2) is 0 Å². The molecular formula is C18H22N2O6. The summed E-state index contributed by atoms with van der Waals surface area (Å²) < 4.78 is 10.3. The lowest BCUT2D eigenvalue weighted by molar-refractivity contribution is -0.152. The quantitative estimate of drug-likeness (QED) is 0.803. The van der Waals surface area contributed by atoms with Gasteiger partial charge in [0.1, 0.15) is 11.3 Å². The summed E-state index contributed by atoms with van der Waals surface area (Å²) in [7, 11) is 1.56. The smallest absolute Gasteiger partial charge is 0.329 e. The predicted octanol–water partition coefficient (Wildman–Crippen LogP) is 0.798. The van der Waals surface area contributed by atoms with Crippen LogP contribution >= 0.6 is 0 Å². The van der Waals surface area contributed by atoms with E-state index in [-0.39, 0.29) is 44.9 Å². The van der Waals surface area contributed by atoms with Gasteiger partial charge in [-0.15, -0.1) is 0 Å². The molecule has 2 saturated heterocycles. The lowest BCUT2D eigenvalue weighted by Gasteiger charge is -2.34. The number of hydrogen-bond acceptors (Lipinski definition) is 5. The van der Waals surface area contributed by atoms with Gasteiger partial charge in [0.05, 0.1) is 13.0 Å². The first-order valence-electron chi connectivity index (χ1n) is 8.53. The Morgan fingerprint density at radius 2 is 1.92 bits per heavy atom. The summed E-state index contributed by atoms with van der Waals surface area (Å²) >= 11 is 0. The summed E-state index contributed by atoms with van der Waals surface area (Å²) in [5, 5.41) is 12.2. The third-order valence-corrected chi connectivity index (χ3v) is 5.00. The molecule has 0 aliphatic carbocycles. The van der Waals surface area contributed by atoms with Crippen LogP contribution in [0.1, 0.15) is 19.3 Å². The van der Waals surface area contributed by atoms with Gasteiger partial charge < -0.3 is 24.8 Å². The van der Waals surface area contributed by atoms with Crippen LogP contribution in [0.15, 0.2) is 24.3 Å². The van der Waals surface area contributed by atoms with Crippen LogP contribution in [0.25, 0.3) is 0 Å². The average Bonchev–Trinajstić information content (AvgIpc) is 3.04. The third-order valence-electron chi connectivity index (χ3n) is 5.00. The second-order valence-electron chi connectivity index (χ2n) is 6.59. The second-order valence-corrected chi connectivity index (χ2v) is 6.59. The van der Waals surface area contributed by atoms with E-state index in [4.69, 9.17) is 9.47 Å². The van der Waals surface area contributed by atoms with Crippen LogP contribution in [0.5, 0.6) is 5.75 Å². The molecule has 0 saturated carbocycles. The molecule has 1 unspecified atom stereocenters. The molecule has 3 rings (SSSR count). The molecule has 2 heterocycles. The second kappa shape index (κ2) is 7.33. The topological polar surface area (TPSA) is 105 Å². The summed E-state index contributed by atoms with van der Waals surface area (Å²) in [5.74, 6) is -1.53.